The summed E-state index contributed by atoms with van der Waals surface area (Å²) in [5.74, 6) is 0.283. The summed E-state index contributed by atoms with van der Waals surface area (Å²) in [6, 6.07) is 7.24. The number of amides is 1. The van der Waals surface area contributed by atoms with Gasteiger partial charge in [0.2, 0.25) is 0 Å². The second-order valence-electron chi connectivity index (χ2n) is 5.74. The summed E-state index contributed by atoms with van der Waals surface area (Å²) in [5.41, 5.74) is 3.65. The van der Waals surface area contributed by atoms with Crippen molar-refractivity contribution < 1.29 is 9.21 Å². The van der Waals surface area contributed by atoms with Gasteiger partial charge in [-0.15, -0.1) is 0 Å². The molecule has 0 aliphatic rings. The minimum atomic E-state index is -0.266. The third kappa shape index (κ3) is 2.57. The van der Waals surface area contributed by atoms with Crippen LogP contribution in [0.15, 0.2) is 41.1 Å². The van der Waals surface area contributed by atoms with Crippen LogP contribution >= 0.6 is 0 Å². The Morgan fingerprint density at radius 3 is 2.84 bits per heavy atom. The number of rotatable bonds is 3. The van der Waals surface area contributed by atoms with Gasteiger partial charge >= 0.3 is 0 Å². The van der Waals surface area contributed by atoms with Crippen LogP contribution in [-0.2, 0) is 14.1 Å². The maximum atomic E-state index is 12.9. The molecule has 4 rings (SSSR count). The smallest absolute Gasteiger partial charge is 0.259 e. The number of benzene rings is 1. The second kappa shape index (κ2) is 5.59. The van der Waals surface area contributed by atoms with Crippen molar-refractivity contribution in [3.63, 3.8) is 0 Å². The van der Waals surface area contributed by atoms with E-state index >= 15 is 0 Å². The predicted molar refractivity (Wildman–Crippen MR) is 92.1 cm³/mol. The Bertz CT molecular complexity index is 1090. The third-order valence-electron chi connectivity index (χ3n) is 3.91. The summed E-state index contributed by atoms with van der Waals surface area (Å²) in [6.07, 6.45) is 3.36. The molecule has 126 valence electrons. The molecule has 0 aliphatic carbocycles. The fourth-order valence-corrected chi connectivity index (χ4v) is 2.80. The molecule has 1 amide bonds. The minimum absolute atomic E-state index is 0.266. The monoisotopic (exact) mass is 336 g/mol. The topological polar surface area (TPSA) is 90.8 Å². The molecule has 1 N–H and O–H groups in total. The molecule has 0 saturated heterocycles. The highest BCUT2D eigenvalue weighted by Crippen LogP contribution is 2.26. The largest absolute Gasteiger partial charge is 0.441 e. The van der Waals surface area contributed by atoms with Crippen LogP contribution in [-0.4, -0.2) is 30.5 Å². The van der Waals surface area contributed by atoms with Gasteiger partial charge in [-0.05, 0) is 18.2 Å². The van der Waals surface area contributed by atoms with Gasteiger partial charge in [-0.1, -0.05) is 6.07 Å². The number of nitrogens with zero attached hydrogens (tertiary/aromatic N) is 5. The highest BCUT2D eigenvalue weighted by atomic mass is 16.3. The molecule has 8 heteroatoms. The van der Waals surface area contributed by atoms with Gasteiger partial charge in [0.1, 0.15) is 11.2 Å². The Morgan fingerprint density at radius 2 is 2.08 bits per heavy atom. The maximum Gasteiger partial charge on any atom is 0.259 e. The first-order valence-electron chi connectivity index (χ1n) is 7.72. The van der Waals surface area contributed by atoms with Crippen LogP contribution in [0.2, 0.25) is 0 Å². The molecule has 1 aromatic carbocycles. The number of carbonyl (C=O) groups is 1. The quantitative estimate of drug-likeness (QED) is 0.621. The molecule has 8 nitrogen and oxygen atoms in total. The van der Waals surface area contributed by atoms with Crippen molar-refractivity contribution in [1.82, 2.24) is 24.5 Å². The van der Waals surface area contributed by atoms with E-state index in [1.54, 1.807) is 41.8 Å². The number of aryl methyl sites for hydroxylation is 3. The summed E-state index contributed by atoms with van der Waals surface area (Å²) in [4.78, 5) is 17.2. The molecule has 0 unspecified atom stereocenters. The van der Waals surface area contributed by atoms with Gasteiger partial charge in [0.05, 0.1) is 16.9 Å². The van der Waals surface area contributed by atoms with Crippen LogP contribution in [0.25, 0.3) is 22.5 Å². The van der Waals surface area contributed by atoms with Crippen molar-refractivity contribution in [2.75, 3.05) is 5.32 Å². The van der Waals surface area contributed by atoms with E-state index in [2.05, 4.69) is 20.5 Å². The second-order valence-corrected chi connectivity index (χ2v) is 5.74. The van der Waals surface area contributed by atoms with Crippen LogP contribution in [0.4, 0.5) is 5.69 Å². The number of fused-ring (bicyclic) bond motifs is 1. The summed E-state index contributed by atoms with van der Waals surface area (Å²) >= 11 is 0. The molecular weight excluding hydrogens is 320 g/mol. The molecule has 3 aromatic heterocycles. The van der Waals surface area contributed by atoms with Gasteiger partial charge in [-0.3, -0.25) is 14.2 Å². The molecule has 0 atom stereocenters. The zero-order valence-electron chi connectivity index (χ0n) is 14.0. The highest BCUT2D eigenvalue weighted by Gasteiger charge is 2.20. The van der Waals surface area contributed by atoms with E-state index in [9.17, 15) is 4.79 Å². The molecule has 0 bridgehead atoms. The van der Waals surface area contributed by atoms with Crippen molar-refractivity contribution in [3.05, 3.63) is 48.1 Å². The van der Waals surface area contributed by atoms with Gasteiger partial charge in [-0.25, -0.2) is 4.98 Å². The fraction of sp³-hybridized carbons (Fsp3) is 0.176. The molecular formula is C17H16N6O2. The van der Waals surface area contributed by atoms with Crippen molar-refractivity contribution in [2.24, 2.45) is 14.1 Å². The van der Waals surface area contributed by atoms with E-state index in [4.69, 9.17) is 4.42 Å². The van der Waals surface area contributed by atoms with Crippen LogP contribution in [0.3, 0.4) is 0 Å². The Hall–Kier alpha value is -3.42. The Labute approximate surface area is 143 Å². The average Bonchev–Trinajstić information content (AvgIpc) is 3.25. The number of hydrogen-bond acceptors (Lipinski definition) is 5. The minimum Gasteiger partial charge on any atom is -0.441 e. The zero-order valence-corrected chi connectivity index (χ0v) is 14.0. The lowest BCUT2D eigenvalue weighted by atomic mass is 10.1. The maximum absolute atomic E-state index is 12.9. The summed E-state index contributed by atoms with van der Waals surface area (Å²) in [7, 11) is 3.59. The molecule has 3 heterocycles. The average molecular weight is 336 g/mol. The van der Waals surface area contributed by atoms with Crippen LogP contribution in [0.5, 0.6) is 0 Å². The summed E-state index contributed by atoms with van der Waals surface area (Å²) in [6.45, 7) is 1.77. The van der Waals surface area contributed by atoms with Crippen LogP contribution in [0, 0.1) is 6.92 Å². The Balaban J connectivity index is 1.73. The van der Waals surface area contributed by atoms with Crippen molar-refractivity contribution >= 4 is 22.7 Å². The first-order chi connectivity index (χ1) is 12.0. The number of hydrogen-bond donors (Lipinski definition) is 1. The van der Waals surface area contributed by atoms with Gasteiger partial charge in [0, 0.05) is 33.4 Å². The normalized spacial score (nSPS) is 11.2. The summed E-state index contributed by atoms with van der Waals surface area (Å²) < 4.78 is 8.80. The number of nitrogens with one attached hydrogen (secondary N) is 1. The van der Waals surface area contributed by atoms with Gasteiger partial charge in [-0.2, -0.15) is 10.2 Å². The van der Waals surface area contributed by atoms with Crippen molar-refractivity contribution in [2.45, 2.75) is 6.92 Å². The van der Waals surface area contributed by atoms with Gasteiger partial charge in [0.15, 0.2) is 11.5 Å². The van der Waals surface area contributed by atoms with E-state index in [-0.39, 0.29) is 5.91 Å². The number of oxazole rings is 1. The number of anilines is 1. The van der Waals surface area contributed by atoms with Crippen LogP contribution < -0.4 is 5.32 Å². The van der Waals surface area contributed by atoms with E-state index in [0.717, 1.165) is 5.69 Å². The first kappa shape index (κ1) is 15.1. The lowest BCUT2D eigenvalue weighted by molar-refractivity contribution is 0.102. The van der Waals surface area contributed by atoms with E-state index in [1.165, 1.54) is 0 Å². The van der Waals surface area contributed by atoms with Gasteiger partial charge in [0.25, 0.3) is 5.91 Å². The summed E-state index contributed by atoms with van der Waals surface area (Å²) in [5, 5.41) is 11.5. The standard InChI is InChI=1S/C17H16N6O2/c1-10-19-16-12(5-4-6-14(16)25-10)20-17(24)11-9-22(2)21-15(11)13-7-8-18-23(13)3/h4-9H,1-3H3,(H,20,24). The van der Waals surface area contributed by atoms with Crippen molar-refractivity contribution in [1.29, 1.82) is 0 Å². The Morgan fingerprint density at radius 1 is 1.24 bits per heavy atom. The fourth-order valence-electron chi connectivity index (χ4n) is 2.80. The van der Waals surface area contributed by atoms with E-state index < -0.39 is 0 Å². The molecule has 0 radical (unpaired) electrons. The number of para-hydroxylation sites is 1. The first-order valence-corrected chi connectivity index (χ1v) is 7.72. The molecule has 0 aliphatic heterocycles. The van der Waals surface area contributed by atoms with Crippen molar-refractivity contribution in [3.8, 4) is 11.4 Å². The lowest BCUT2D eigenvalue weighted by Gasteiger charge is -2.06. The molecule has 0 spiro atoms. The predicted octanol–water partition coefficient (Wildman–Crippen LogP) is 2.52. The lowest BCUT2D eigenvalue weighted by Crippen LogP contribution is -2.13. The van der Waals surface area contributed by atoms with E-state index in [1.807, 2.05) is 25.2 Å². The van der Waals surface area contributed by atoms with Crippen LogP contribution in [0.1, 0.15) is 16.2 Å². The zero-order chi connectivity index (χ0) is 17.6. The van der Waals surface area contributed by atoms with E-state index in [0.29, 0.717) is 33.9 Å². The number of aromatic nitrogens is 5. The third-order valence-corrected chi connectivity index (χ3v) is 3.91. The number of carbonyl (C=O) groups excluding carboxylic acids is 1. The molecule has 4 aromatic rings. The molecule has 25 heavy (non-hydrogen) atoms. The highest BCUT2D eigenvalue weighted by molar-refractivity contribution is 6.10. The Kier molecular flexibility index (Phi) is 3.38. The molecule has 0 fully saturated rings. The van der Waals surface area contributed by atoms with Gasteiger partial charge < -0.3 is 9.73 Å². The SMILES string of the molecule is Cc1nc2c(NC(=O)c3cn(C)nc3-c3ccnn3C)cccc2o1. The molecule has 0 saturated carbocycles.